The van der Waals surface area contributed by atoms with Crippen LogP contribution in [0.1, 0.15) is 97.8 Å². The molecule has 0 aromatic rings. The molecular formula is C27H50O4Sn. The molecule has 2 aliphatic rings. The van der Waals surface area contributed by atoms with E-state index >= 15 is 0 Å². The molecule has 2 aliphatic heterocycles. The molecule has 32 heavy (non-hydrogen) atoms. The zero-order valence-corrected chi connectivity index (χ0v) is 24.0. The Morgan fingerprint density at radius 2 is 1.62 bits per heavy atom. The number of fused-ring (bicyclic) bond motifs is 1. The number of carbonyl (C=O) groups excluding carboxylic acids is 1. The molecule has 0 saturated carbocycles. The zero-order chi connectivity index (χ0) is 23.1. The Bertz CT molecular complexity index is 502. The van der Waals surface area contributed by atoms with Crippen LogP contribution in [0.25, 0.3) is 0 Å². The molecule has 2 heterocycles. The summed E-state index contributed by atoms with van der Waals surface area (Å²) in [7, 11) is 0. The summed E-state index contributed by atoms with van der Waals surface area (Å²) >= 11 is -2.15. The molecule has 2 saturated heterocycles. The second-order valence-electron chi connectivity index (χ2n) is 10.1. The van der Waals surface area contributed by atoms with Crippen LogP contribution in [0.5, 0.6) is 0 Å². The topological polar surface area (TPSA) is 44.8 Å². The molecule has 0 N–H and O–H groups in total. The van der Waals surface area contributed by atoms with E-state index in [1.54, 1.807) is 0 Å². The summed E-state index contributed by atoms with van der Waals surface area (Å²) in [4.78, 5) is 11.0. The number of allylic oxidation sites excluding steroid dienone is 1. The molecule has 0 amide bonds. The molecule has 0 bridgehead atoms. The Hall–Kier alpha value is -0.0713. The van der Waals surface area contributed by atoms with Gasteiger partial charge in [-0.1, -0.05) is 0 Å². The molecule has 0 radical (unpaired) electrons. The number of carbonyl (C=O) groups is 1. The molecule has 186 valence electrons. The van der Waals surface area contributed by atoms with Gasteiger partial charge in [0.15, 0.2) is 0 Å². The van der Waals surface area contributed by atoms with Crippen molar-refractivity contribution < 1.29 is 19.0 Å². The number of unbranched alkanes of at least 4 members (excludes halogenated alkanes) is 3. The van der Waals surface area contributed by atoms with Gasteiger partial charge in [0.25, 0.3) is 0 Å². The fourth-order valence-electron chi connectivity index (χ4n) is 5.50. The van der Waals surface area contributed by atoms with Gasteiger partial charge in [-0.2, -0.15) is 0 Å². The van der Waals surface area contributed by atoms with Crippen molar-refractivity contribution >= 4 is 24.7 Å². The van der Waals surface area contributed by atoms with Crippen LogP contribution in [0.15, 0.2) is 12.3 Å². The van der Waals surface area contributed by atoms with Crippen LogP contribution in [0.2, 0.25) is 17.7 Å². The van der Waals surface area contributed by atoms with Crippen LogP contribution in [-0.2, 0) is 19.0 Å². The van der Waals surface area contributed by atoms with E-state index in [1.807, 2.05) is 6.26 Å². The van der Waals surface area contributed by atoms with Crippen molar-refractivity contribution in [3.05, 3.63) is 12.3 Å². The summed E-state index contributed by atoms with van der Waals surface area (Å²) < 4.78 is 24.7. The minimum atomic E-state index is -2.15. The van der Waals surface area contributed by atoms with Crippen molar-refractivity contribution in [3.63, 3.8) is 0 Å². The molecule has 0 spiro atoms. The van der Waals surface area contributed by atoms with Crippen LogP contribution in [0.4, 0.5) is 0 Å². The Balaban J connectivity index is 2.00. The van der Waals surface area contributed by atoms with E-state index < -0.39 is 18.4 Å². The van der Waals surface area contributed by atoms with Gasteiger partial charge in [-0.05, 0) is 0 Å². The third-order valence-electron chi connectivity index (χ3n) is 7.53. The molecule has 4 nitrogen and oxygen atoms in total. The number of rotatable bonds is 16. The van der Waals surface area contributed by atoms with E-state index in [2.05, 4.69) is 26.8 Å². The standard InChI is InChI=1S/C15H23O4.3C4H9.Sn/c1-2-10-17-12-7-8-13-15(6-4-11-18-13)19-14(12)5-3-9-16;3*1-3-4-2;/h2,9-10,12-15H,1,3-8,11H2;3*1,3-4H2,2H3;/b10-2-;;;;/t12-,13+,14+,15-;;;;/m0..../s1. The second-order valence-corrected chi connectivity index (χ2v) is 24.2. The fraction of sp³-hybridized carbons (Fsp3) is 0.889. The molecule has 4 atom stereocenters. The predicted octanol–water partition coefficient (Wildman–Crippen LogP) is 7.44. The van der Waals surface area contributed by atoms with Crippen LogP contribution < -0.4 is 0 Å². The number of ether oxygens (including phenoxy) is 3. The van der Waals surface area contributed by atoms with Gasteiger partial charge >= 0.3 is 203 Å². The average Bonchev–Trinajstić information content (AvgIpc) is 3.00. The first-order valence-corrected chi connectivity index (χ1v) is 21.8. The second kappa shape index (κ2) is 16.5. The summed E-state index contributed by atoms with van der Waals surface area (Å²) in [6.07, 6.45) is 19.3. The summed E-state index contributed by atoms with van der Waals surface area (Å²) in [5.74, 6) is 0. The molecule has 0 aliphatic carbocycles. The summed E-state index contributed by atoms with van der Waals surface area (Å²) in [5.41, 5.74) is 0. The van der Waals surface area contributed by atoms with Crippen molar-refractivity contribution in [1.29, 1.82) is 0 Å². The first-order chi connectivity index (χ1) is 15.7. The van der Waals surface area contributed by atoms with E-state index in [0.717, 1.165) is 45.0 Å². The van der Waals surface area contributed by atoms with Gasteiger partial charge in [0.1, 0.15) is 0 Å². The molecule has 2 rings (SSSR count). The van der Waals surface area contributed by atoms with Crippen LogP contribution in [0, 0.1) is 0 Å². The number of hydrogen-bond donors (Lipinski definition) is 0. The molecule has 2 fully saturated rings. The Labute approximate surface area is 202 Å². The van der Waals surface area contributed by atoms with Gasteiger partial charge in [-0.3, -0.25) is 0 Å². The van der Waals surface area contributed by atoms with E-state index in [1.165, 1.54) is 56.3 Å². The number of aldehydes is 1. The average molecular weight is 557 g/mol. The van der Waals surface area contributed by atoms with Crippen LogP contribution in [-0.4, -0.2) is 55.7 Å². The van der Waals surface area contributed by atoms with Gasteiger partial charge in [-0.25, -0.2) is 0 Å². The van der Waals surface area contributed by atoms with Gasteiger partial charge in [-0.15, -0.1) is 0 Å². The van der Waals surface area contributed by atoms with Crippen LogP contribution >= 0.6 is 0 Å². The molecular weight excluding hydrogens is 507 g/mol. The Morgan fingerprint density at radius 1 is 0.938 bits per heavy atom. The summed E-state index contributed by atoms with van der Waals surface area (Å²) in [6, 6.07) is 0. The van der Waals surface area contributed by atoms with Crippen molar-refractivity contribution in [1.82, 2.24) is 0 Å². The van der Waals surface area contributed by atoms with E-state index in [4.69, 9.17) is 14.2 Å². The van der Waals surface area contributed by atoms with E-state index in [-0.39, 0.29) is 24.4 Å². The number of hydrogen-bond acceptors (Lipinski definition) is 4. The van der Waals surface area contributed by atoms with Gasteiger partial charge in [0.05, 0.1) is 0 Å². The quantitative estimate of drug-likeness (QED) is 0.112. The predicted molar refractivity (Wildman–Crippen MR) is 136 cm³/mol. The normalized spacial score (nSPS) is 26.6. The first kappa shape index (κ1) is 28.2. The fourth-order valence-corrected chi connectivity index (χ4v) is 20.5. The molecule has 0 unspecified atom stereocenters. The third kappa shape index (κ3) is 9.66. The van der Waals surface area contributed by atoms with Gasteiger partial charge < -0.3 is 0 Å². The van der Waals surface area contributed by atoms with E-state index in [0.29, 0.717) is 6.42 Å². The first-order valence-electron chi connectivity index (χ1n) is 13.7. The zero-order valence-electron chi connectivity index (χ0n) is 21.2. The molecule has 0 aromatic heterocycles. The van der Waals surface area contributed by atoms with Crippen molar-refractivity contribution in [2.24, 2.45) is 0 Å². The van der Waals surface area contributed by atoms with Crippen molar-refractivity contribution in [3.8, 4) is 0 Å². The molecule has 0 aromatic carbocycles. The Morgan fingerprint density at radius 3 is 2.25 bits per heavy atom. The summed E-state index contributed by atoms with van der Waals surface area (Å²) in [6.45, 7) is 7.85. The Kier molecular flexibility index (Phi) is 14.6. The van der Waals surface area contributed by atoms with Crippen molar-refractivity contribution in [2.45, 2.75) is 140 Å². The molecule has 5 heteroatoms. The van der Waals surface area contributed by atoms with E-state index in [9.17, 15) is 4.79 Å². The SMILES string of the molecule is CCC[CH2][Sn]([CH2]/C=C\O[C@H]1CC[C@H]2OCCC[C@@H]2O[C@@H]1CCC=O)([CH2]CCC)[CH2]CCC. The van der Waals surface area contributed by atoms with Gasteiger partial charge in [0, 0.05) is 0 Å². The maximum atomic E-state index is 11.0. The van der Waals surface area contributed by atoms with Gasteiger partial charge in [0.2, 0.25) is 0 Å². The third-order valence-corrected chi connectivity index (χ3v) is 22.8. The maximum absolute atomic E-state index is 11.0. The minimum absolute atomic E-state index is 0.00454. The summed E-state index contributed by atoms with van der Waals surface area (Å²) in [5, 5.41) is 0. The van der Waals surface area contributed by atoms with Crippen LogP contribution in [0.3, 0.4) is 0 Å². The van der Waals surface area contributed by atoms with Crippen molar-refractivity contribution in [2.75, 3.05) is 6.61 Å². The monoisotopic (exact) mass is 558 g/mol.